The van der Waals surface area contributed by atoms with Gasteiger partial charge in [-0.3, -0.25) is 14.3 Å². The van der Waals surface area contributed by atoms with Gasteiger partial charge in [0.25, 0.3) is 0 Å². The van der Waals surface area contributed by atoms with Gasteiger partial charge in [0.1, 0.15) is 5.82 Å². The fourth-order valence-electron chi connectivity index (χ4n) is 3.10. The van der Waals surface area contributed by atoms with E-state index in [0.717, 1.165) is 31.8 Å². The zero-order chi connectivity index (χ0) is 17.0. The summed E-state index contributed by atoms with van der Waals surface area (Å²) in [7, 11) is 3.93. The molecule has 1 aromatic rings. The first-order valence-electron chi connectivity index (χ1n) is 8.18. The molecule has 0 amide bonds. The summed E-state index contributed by atoms with van der Waals surface area (Å²) in [5.41, 5.74) is -0.0697. The first-order valence-corrected chi connectivity index (χ1v) is 8.18. The second kappa shape index (κ2) is 7.74. The van der Waals surface area contributed by atoms with Crippen molar-refractivity contribution in [2.24, 2.45) is 0 Å². The highest BCUT2D eigenvalue weighted by atomic mass is 16.4. The number of likely N-dealkylation sites (N-methyl/N-ethyl adjacent to an activating group) is 1. The van der Waals surface area contributed by atoms with Gasteiger partial charge in [-0.05, 0) is 40.4 Å². The minimum Gasteiger partial charge on any atom is -0.480 e. The zero-order valence-electron chi connectivity index (χ0n) is 14.2. The van der Waals surface area contributed by atoms with Gasteiger partial charge < -0.3 is 10.0 Å². The van der Waals surface area contributed by atoms with E-state index < -0.39 is 5.97 Å². The first kappa shape index (κ1) is 17.7. The molecule has 2 rings (SSSR count). The van der Waals surface area contributed by atoms with E-state index in [4.69, 9.17) is 5.11 Å². The van der Waals surface area contributed by atoms with Crippen LogP contribution in [0.1, 0.15) is 31.5 Å². The number of aliphatic carboxylic acids is 1. The highest BCUT2D eigenvalue weighted by Crippen LogP contribution is 2.24. The maximum absolute atomic E-state index is 12.5. The van der Waals surface area contributed by atoms with Gasteiger partial charge >= 0.3 is 11.7 Å². The number of piperidine rings is 1. The average Bonchev–Trinajstić information content (AvgIpc) is 2.81. The van der Waals surface area contributed by atoms with E-state index in [1.165, 1.54) is 4.68 Å². The predicted octanol–water partition coefficient (Wildman–Crippen LogP) is -0.110. The molecule has 0 radical (unpaired) electrons. The van der Waals surface area contributed by atoms with Gasteiger partial charge in [-0.25, -0.2) is 9.48 Å². The first-order chi connectivity index (χ1) is 10.9. The van der Waals surface area contributed by atoms with Gasteiger partial charge in [-0.15, -0.1) is 0 Å². The highest BCUT2D eigenvalue weighted by molar-refractivity contribution is 5.69. The van der Waals surface area contributed by atoms with Crippen LogP contribution in [-0.4, -0.2) is 75.5 Å². The molecule has 0 aliphatic carbocycles. The van der Waals surface area contributed by atoms with E-state index in [2.05, 4.69) is 5.10 Å². The van der Waals surface area contributed by atoms with Crippen LogP contribution < -0.4 is 5.69 Å². The fourth-order valence-corrected chi connectivity index (χ4v) is 3.10. The Balaban J connectivity index is 2.19. The summed E-state index contributed by atoms with van der Waals surface area (Å²) in [6.45, 7) is 5.35. The number of carboxylic acid groups (broad SMARTS) is 1. The molecule has 1 aromatic heterocycles. The lowest BCUT2D eigenvalue weighted by atomic mass is 9.97. The van der Waals surface area contributed by atoms with Crippen LogP contribution in [-0.2, 0) is 17.9 Å². The molecule has 8 nitrogen and oxygen atoms in total. The highest BCUT2D eigenvalue weighted by Gasteiger charge is 2.27. The van der Waals surface area contributed by atoms with Crippen molar-refractivity contribution in [3.05, 3.63) is 16.3 Å². The molecule has 8 heteroatoms. The van der Waals surface area contributed by atoms with Crippen LogP contribution >= 0.6 is 0 Å². The normalized spacial score (nSPS) is 19.4. The van der Waals surface area contributed by atoms with Crippen LogP contribution in [0.2, 0.25) is 0 Å². The van der Waals surface area contributed by atoms with E-state index in [-0.39, 0.29) is 18.2 Å². The molecule has 23 heavy (non-hydrogen) atoms. The summed E-state index contributed by atoms with van der Waals surface area (Å²) in [6.07, 6.45) is 1.88. The third kappa shape index (κ3) is 4.42. The molecule has 1 atom stereocenters. The summed E-state index contributed by atoms with van der Waals surface area (Å²) in [4.78, 5) is 27.3. The number of hydrogen-bond acceptors (Lipinski definition) is 5. The van der Waals surface area contributed by atoms with Crippen LogP contribution in [0.5, 0.6) is 0 Å². The molecule has 0 aromatic carbocycles. The fraction of sp³-hybridized carbons (Fsp3) is 0.800. The van der Waals surface area contributed by atoms with Crippen LogP contribution in [0.4, 0.5) is 0 Å². The van der Waals surface area contributed by atoms with Gasteiger partial charge in [0, 0.05) is 25.6 Å². The Labute approximate surface area is 136 Å². The number of nitrogens with zero attached hydrogens (tertiary/aromatic N) is 5. The summed E-state index contributed by atoms with van der Waals surface area (Å²) in [5, 5.41) is 13.5. The molecule has 0 spiro atoms. The number of rotatable bonds is 7. The van der Waals surface area contributed by atoms with Gasteiger partial charge in [0.15, 0.2) is 0 Å². The van der Waals surface area contributed by atoms with Gasteiger partial charge in [-0.2, -0.15) is 5.10 Å². The molecule has 0 unspecified atom stereocenters. The monoisotopic (exact) mass is 325 g/mol. The predicted molar refractivity (Wildman–Crippen MR) is 86.8 cm³/mol. The Hall–Kier alpha value is -1.67. The summed E-state index contributed by atoms with van der Waals surface area (Å²) < 4.78 is 3.26. The number of hydrogen-bond donors (Lipinski definition) is 1. The number of carbonyl (C=O) groups is 1. The standard InChI is InChI=1S/C15H27N5O3/c1-4-19-14(16-20(15(19)23)9-8-17(2)3)12-6-5-7-18(10-12)11-13(21)22/h12H,4-11H2,1-3H3,(H,21,22)/t12-/m1/s1. The second-order valence-electron chi connectivity index (χ2n) is 6.38. The largest absolute Gasteiger partial charge is 0.480 e. The second-order valence-corrected chi connectivity index (χ2v) is 6.38. The Morgan fingerprint density at radius 2 is 2.17 bits per heavy atom. The van der Waals surface area contributed by atoms with E-state index in [0.29, 0.717) is 19.6 Å². The van der Waals surface area contributed by atoms with Crippen LogP contribution in [0.25, 0.3) is 0 Å². The molecule has 0 saturated carbocycles. The molecule has 1 aliphatic heterocycles. The summed E-state index contributed by atoms with van der Waals surface area (Å²) >= 11 is 0. The zero-order valence-corrected chi connectivity index (χ0v) is 14.2. The Kier molecular flexibility index (Phi) is 5.95. The minimum absolute atomic E-state index is 0.0498. The van der Waals surface area contributed by atoms with Gasteiger partial charge in [0.2, 0.25) is 0 Å². The molecule has 130 valence electrons. The van der Waals surface area contributed by atoms with Crippen molar-refractivity contribution in [3.8, 4) is 0 Å². The van der Waals surface area contributed by atoms with Crippen molar-refractivity contribution in [2.45, 2.75) is 38.8 Å². The minimum atomic E-state index is -0.810. The molecule has 1 fully saturated rings. The maximum atomic E-state index is 12.5. The van der Waals surface area contributed by atoms with Crippen molar-refractivity contribution in [1.29, 1.82) is 0 Å². The third-order valence-electron chi connectivity index (χ3n) is 4.26. The Morgan fingerprint density at radius 1 is 1.43 bits per heavy atom. The quantitative estimate of drug-likeness (QED) is 0.753. The van der Waals surface area contributed by atoms with Crippen LogP contribution in [0.3, 0.4) is 0 Å². The van der Waals surface area contributed by atoms with Gasteiger partial charge in [-0.1, -0.05) is 0 Å². The van der Waals surface area contributed by atoms with E-state index in [1.807, 2.05) is 30.8 Å². The van der Waals surface area contributed by atoms with Gasteiger partial charge in [0.05, 0.1) is 13.1 Å². The summed E-state index contributed by atoms with van der Waals surface area (Å²) in [6, 6.07) is 0. The van der Waals surface area contributed by atoms with Crippen molar-refractivity contribution >= 4 is 5.97 Å². The van der Waals surface area contributed by atoms with E-state index >= 15 is 0 Å². The molecular formula is C15H27N5O3. The van der Waals surface area contributed by atoms with E-state index in [9.17, 15) is 9.59 Å². The molecule has 2 heterocycles. The SMILES string of the molecule is CCn1c([C@@H]2CCCN(CC(=O)O)C2)nn(CCN(C)C)c1=O. The maximum Gasteiger partial charge on any atom is 0.345 e. The lowest BCUT2D eigenvalue weighted by Gasteiger charge is -2.30. The molecule has 1 saturated heterocycles. The molecule has 0 bridgehead atoms. The van der Waals surface area contributed by atoms with Crippen LogP contribution in [0, 0.1) is 0 Å². The topological polar surface area (TPSA) is 83.6 Å². The molecule has 1 N–H and O–H groups in total. The molecular weight excluding hydrogens is 298 g/mol. The summed E-state index contributed by atoms with van der Waals surface area (Å²) in [5.74, 6) is 0.109. The Morgan fingerprint density at radius 3 is 2.78 bits per heavy atom. The van der Waals surface area contributed by atoms with Crippen LogP contribution in [0.15, 0.2) is 4.79 Å². The van der Waals surface area contributed by atoms with E-state index in [1.54, 1.807) is 4.57 Å². The van der Waals surface area contributed by atoms with Crippen molar-refractivity contribution in [3.63, 3.8) is 0 Å². The number of carboxylic acids is 1. The number of aromatic nitrogens is 3. The lowest BCUT2D eigenvalue weighted by molar-refractivity contribution is -0.138. The lowest BCUT2D eigenvalue weighted by Crippen LogP contribution is -2.39. The van der Waals surface area contributed by atoms with Crippen molar-refractivity contribution < 1.29 is 9.90 Å². The smallest absolute Gasteiger partial charge is 0.345 e. The van der Waals surface area contributed by atoms with Crippen molar-refractivity contribution in [2.75, 3.05) is 40.3 Å². The Bertz CT molecular complexity index is 592. The average molecular weight is 325 g/mol. The third-order valence-corrected chi connectivity index (χ3v) is 4.26. The number of likely N-dealkylation sites (tertiary alicyclic amines) is 1. The van der Waals surface area contributed by atoms with Crippen molar-refractivity contribution in [1.82, 2.24) is 24.1 Å². The molecule has 1 aliphatic rings.